The largest absolute Gasteiger partial charge is 0.494 e. The zero-order valence-corrected chi connectivity index (χ0v) is 16.2. The van der Waals surface area contributed by atoms with E-state index in [2.05, 4.69) is 41.4 Å². The van der Waals surface area contributed by atoms with E-state index >= 15 is 0 Å². The maximum absolute atomic E-state index is 12.4. The van der Waals surface area contributed by atoms with Crippen LogP contribution in [0.4, 0.5) is 11.4 Å². The van der Waals surface area contributed by atoms with Gasteiger partial charge in [-0.05, 0) is 50.2 Å². The van der Waals surface area contributed by atoms with Crippen LogP contribution in [0.15, 0.2) is 48.5 Å². The molecule has 0 fully saturated rings. The van der Waals surface area contributed by atoms with Gasteiger partial charge in [0.2, 0.25) is 0 Å². The highest BCUT2D eigenvalue weighted by atomic mass is 16.5. The first-order valence-corrected chi connectivity index (χ1v) is 9.14. The molecule has 5 heteroatoms. The minimum atomic E-state index is 0.0240. The zero-order chi connectivity index (χ0) is 18.9. The smallest absolute Gasteiger partial charge is 0.279 e. The Hall–Kier alpha value is -2.53. The van der Waals surface area contributed by atoms with Crippen molar-refractivity contribution in [2.75, 3.05) is 44.0 Å². The Kier molecular flexibility index (Phi) is 7.48. The molecule has 0 saturated carbocycles. The second-order valence-corrected chi connectivity index (χ2v) is 6.52. The first-order valence-electron chi connectivity index (χ1n) is 9.14. The molecule has 2 N–H and O–H groups in total. The summed E-state index contributed by atoms with van der Waals surface area (Å²) in [6.45, 7) is 6.86. The summed E-state index contributed by atoms with van der Waals surface area (Å²) >= 11 is 0. The number of anilines is 2. The molecule has 2 rings (SSSR count). The fourth-order valence-electron chi connectivity index (χ4n) is 2.75. The second kappa shape index (κ2) is 9.82. The highest BCUT2D eigenvalue weighted by Gasteiger charge is 2.13. The van der Waals surface area contributed by atoms with E-state index in [-0.39, 0.29) is 5.91 Å². The lowest BCUT2D eigenvalue weighted by Gasteiger charge is -2.18. The second-order valence-electron chi connectivity index (χ2n) is 6.52. The van der Waals surface area contributed by atoms with E-state index in [0.29, 0.717) is 13.2 Å². The number of hydrogen-bond acceptors (Lipinski definition) is 3. The van der Waals surface area contributed by atoms with Gasteiger partial charge in [-0.25, -0.2) is 0 Å². The van der Waals surface area contributed by atoms with Crippen molar-refractivity contribution in [3.63, 3.8) is 0 Å². The van der Waals surface area contributed by atoms with Crippen molar-refractivity contribution in [2.45, 2.75) is 20.4 Å². The third kappa shape index (κ3) is 6.08. The minimum Gasteiger partial charge on any atom is -0.494 e. The Morgan fingerprint density at radius 1 is 1.04 bits per heavy atom. The molecule has 1 atom stereocenters. The maximum Gasteiger partial charge on any atom is 0.279 e. The van der Waals surface area contributed by atoms with E-state index < -0.39 is 0 Å². The predicted molar refractivity (Wildman–Crippen MR) is 107 cm³/mol. The Bertz CT molecular complexity index is 681. The Balaban J connectivity index is 1.88. The summed E-state index contributed by atoms with van der Waals surface area (Å²) in [4.78, 5) is 15.7. The lowest BCUT2D eigenvalue weighted by atomic mass is 10.2. The highest BCUT2D eigenvalue weighted by molar-refractivity contribution is 5.91. The molecule has 0 aromatic heterocycles. The van der Waals surface area contributed by atoms with Crippen molar-refractivity contribution in [3.8, 4) is 5.75 Å². The van der Waals surface area contributed by atoms with E-state index in [1.807, 2.05) is 45.3 Å². The summed E-state index contributed by atoms with van der Waals surface area (Å²) in [6.07, 6.45) is 0. The van der Waals surface area contributed by atoms with Crippen molar-refractivity contribution in [1.82, 2.24) is 0 Å². The average Bonchev–Trinajstić information content (AvgIpc) is 2.63. The molecule has 26 heavy (non-hydrogen) atoms. The summed E-state index contributed by atoms with van der Waals surface area (Å²) < 4.78 is 5.42. The van der Waals surface area contributed by atoms with Gasteiger partial charge in [0.1, 0.15) is 12.3 Å². The molecule has 0 radical (unpaired) electrons. The molecule has 140 valence electrons. The fraction of sp³-hybridized carbons (Fsp3) is 0.381. The fourth-order valence-corrected chi connectivity index (χ4v) is 2.75. The van der Waals surface area contributed by atoms with Crippen LogP contribution in [0.1, 0.15) is 19.4 Å². The highest BCUT2D eigenvalue weighted by Crippen LogP contribution is 2.15. The van der Waals surface area contributed by atoms with E-state index in [1.165, 1.54) is 16.2 Å². The number of carbonyl (C=O) groups is 1. The number of likely N-dealkylation sites (N-methyl/N-ethyl adjacent to an activating group) is 1. The molecule has 0 aliphatic rings. The molecular formula is C21H30N3O2+. The van der Waals surface area contributed by atoms with Crippen molar-refractivity contribution < 1.29 is 14.4 Å². The number of hydrogen-bond donors (Lipinski definition) is 2. The average molecular weight is 356 g/mol. The first kappa shape index (κ1) is 19.8. The molecule has 0 spiro atoms. The Morgan fingerprint density at radius 2 is 1.69 bits per heavy atom. The summed E-state index contributed by atoms with van der Waals surface area (Å²) in [7, 11) is 4.06. The van der Waals surface area contributed by atoms with E-state index in [1.54, 1.807) is 0 Å². The lowest BCUT2D eigenvalue weighted by molar-refractivity contribution is -0.903. The predicted octanol–water partition coefficient (Wildman–Crippen LogP) is 2.19. The number of nitrogens with one attached hydrogen (secondary N) is 2. The van der Waals surface area contributed by atoms with Crippen LogP contribution in [0.3, 0.4) is 0 Å². The first-order chi connectivity index (χ1) is 12.5. The van der Waals surface area contributed by atoms with Gasteiger partial charge in [0, 0.05) is 31.0 Å². The molecule has 0 bridgehead atoms. The molecule has 0 saturated heterocycles. The SMILES string of the molecule is CCOc1ccc(NC(=O)C[NH+](CC)Cc2ccc(N(C)C)cc2)cc1. The van der Waals surface area contributed by atoms with Crippen molar-refractivity contribution >= 4 is 17.3 Å². The van der Waals surface area contributed by atoms with Gasteiger partial charge in [0.15, 0.2) is 6.54 Å². The number of nitrogens with zero attached hydrogens (tertiary/aromatic N) is 1. The standard InChI is InChI=1S/C21H29N3O2/c1-5-24(15-17-7-11-19(12-8-17)23(3)4)16-21(25)22-18-9-13-20(14-10-18)26-6-2/h7-14H,5-6,15-16H2,1-4H3,(H,22,25)/p+1. The third-order valence-corrected chi connectivity index (χ3v) is 4.27. The molecule has 1 amide bonds. The van der Waals surface area contributed by atoms with Crippen molar-refractivity contribution in [3.05, 3.63) is 54.1 Å². The molecule has 2 aromatic rings. The quantitative estimate of drug-likeness (QED) is 0.724. The van der Waals surface area contributed by atoms with Crippen LogP contribution >= 0.6 is 0 Å². The monoisotopic (exact) mass is 356 g/mol. The van der Waals surface area contributed by atoms with E-state index in [0.717, 1.165) is 24.5 Å². The lowest BCUT2D eigenvalue weighted by Crippen LogP contribution is -3.11. The topological polar surface area (TPSA) is 46.0 Å². The van der Waals surface area contributed by atoms with Crippen LogP contribution in [0, 0.1) is 0 Å². The summed E-state index contributed by atoms with van der Waals surface area (Å²) in [5.41, 5.74) is 3.21. The number of rotatable bonds is 9. The summed E-state index contributed by atoms with van der Waals surface area (Å²) in [6, 6.07) is 16.0. The van der Waals surface area contributed by atoms with Crippen molar-refractivity contribution in [2.24, 2.45) is 0 Å². The number of benzene rings is 2. The molecular weight excluding hydrogens is 326 g/mol. The molecule has 1 unspecified atom stereocenters. The number of carbonyl (C=O) groups excluding carboxylic acids is 1. The van der Waals surface area contributed by atoms with E-state index in [9.17, 15) is 4.79 Å². The molecule has 5 nitrogen and oxygen atoms in total. The van der Waals surface area contributed by atoms with Gasteiger partial charge in [0.05, 0.1) is 13.2 Å². The van der Waals surface area contributed by atoms with Crippen LogP contribution in [0.5, 0.6) is 5.75 Å². The normalized spacial score (nSPS) is 11.7. The molecule has 0 aliphatic heterocycles. The van der Waals surface area contributed by atoms with Crippen LogP contribution in [0.25, 0.3) is 0 Å². The number of quaternary nitrogens is 1. The van der Waals surface area contributed by atoms with Gasteiger partial charge in [-0.1, -0.05) is 12.1 Å². The van der Waals surface area contributed by atoms with Crippen LogP contribution in [-0.4, -0.2) is 39.7 Å². The molecule has 0 heterocycles. The molecule has 2 aromatic carbocycles. The van der Waals surface area contributed by atoms with Crippen LogP contribution < -0.4 is 19.9 Å². The van der Waals surface area contributed by atoms with Gasteiger partial charge in [-0.3, -0.25) is 4.79 Å². The van der Waals surface area contributed by atoms with Gasteiger partial charge in [-0.15, -0.1) is 0 Å². The minimum absolute atomic E-state index is 0.0240. The zero-order valence-electron chi connectivity index (χ0n) is 16.2. The van der Waals surface area contributed by atoms with Gasteiger partial charge >= 0.3 is 0 Å². The Labute approximate surface area is 156 Å². The maximum atomic E-state index is 12.4. The van der Waals surface area contributed by atoms with Crippen molar-refractivity contribution in [1.29, 1.82) is 0 Å². The van der Waals surface area contributed by atoms with Gasteiger partial charge in [-0.2, -0.15) is 0 Å². The Morgan fingerprint density at radius 3 is 2.23 bits per heavy atom. The molecule has 0 aliphatic carbocycles. The van der Waals surface area contributed by atoms with Gasteiger partial charge < -0.3 is 19.9 Å². The van der Waals surface area contributed by atoms with Gasteiger partial charge in [0.25, 0.3) is 5.91 Å². The number of amides is 1. The number of ether oxygens (including phenoxy) is 1. The third-order valence-electron chi connectivity index (χ3n) is 4.27. The summed E-state index contributed by atoms with van der Waals surface area (Å²) in [5.74, 6) is 0.836. The summed E-state index contributed by atoms with van der Waals surface area (Å²) in [5, 5.41) is 2.96. The van der Waals surface area contributed by atoms with Crippen LogP contribution in [-0.2, 0) is 11.3 Å². The van der Waals surface area contributed by atoms with E-state index in [4.69, 9.17) is 4.74 Å². The van der Waals surface area contributed by atoms with Crippen LogP contribution in [0.2, 0.25) is 0 Å².